The Morgan fingerprint density at radius 2 is 2.16 bits per heavy atom. The molecule has 4 nitrogen and oxygen atoms in total. The van der Waals surface area contributed by atoms with Crippen LogP contribution in [0.4, 0.5) is 0 Å². The van der Waals surface area contributed by atoms with E-state index in [1.54, 1.807) is 6.20 Å². The summed E-state index contributed by atoms with van der Waals surface area (Å²) >= 11 is 0. The minimum atomic E-state index is 0.232. The maximum Gasteiger partial charge on any atom is 0.0866 e. The third-order valence-corrected chi connectivity index (χ3v) is 3.62. The van der Waals surface area contributed by atoms with Gasteiger partial charge in [0.25, 0.3) is 0 Å². The Bertz CT molecular complexity index is 483. The Morgan fingerprint density at radius 1 is 1.26 bits per heavy atom. The van der Waals surface area contributed by atoms with Crippen molar-refractivity contribution in [3.8, 4) is 0 Å². The number of ether oxygens (including phenoxy) is 1. The van der Waals surface area contributed by atoms with E-state index >= 15 is 0 Å². The molecular weight excluding hydrogens is 238 g/mol. The van der Waals surface area contributed by atoms with Crippen molar-refractivity contribution >= 4 is 0 Å². The Hall–Kier alpha value is -1.65. The molecule has 1 fully saturated rings. The molecule has 1 aliphatic heterocycles. The molecule has 0 unspecified atom stereocenters. The van der Waals surface area contributed by atoms with Gasteiger partial charge in [0, 0.05) is 37.5 Å². The molecule has 4 heteroatoms. The van der Waals surface area contributed by atoms with E-state index in [-0.39, 0.29) is 6.10 Å². The fourth-order valence-electron chi connectivity index (χ4n) is 2.63. The number of hydrogen-bond donors (Lipinski definition) is 2. The number of hydrogen-bond acceptors (Lipinski definition) is 3. The molecule has 3 rings (SSSR count). The summed E-state index contributed by atoms with van der Waals surface area (Å²) in [6, 6.07) is 12.5. The number of benzene rings is 1. The maximum atomic E-state index is 5.88. The van der Waals surface area contributed by atoms with Gasteiger partial charge in [0.1, 0.15) is 0 Å². The molecule has 0 amide bonds. The van der Waals surface area contributed by atoms with Gasteiger partial charge in [0.15, 0.2) is 0 Å². The highest BCUT2D eigenvalue weighted by atomic mass is 16.5. The van der Waals surface area contributed by atoms with E-state index in [0.717, 1.165) is 31.8 Å². The van der Waals surface area contributed by atoms with Crippen LogP contribution in [0.1, 0.15) is 23.8 Å². The van der Waals surface area contributed by atoms with Crippen LogP contribution in [0.2, 0.25) is 0 Å². The zero-order valence-corrected chi connectivity index (χ0v) is 10.9. The SMILES string of the molecule is c1ccc([C@H]2OCC[C@@H]2CNCc2ccn[nH]2)cc1. The molecule has 2 aromatic rings. The Balaban J connectivity index is 1.55. The van der Waals surface area contributed by atoms with Gasteiger partial charge < -0.3 is 10.1 Å². The monoisotopic (exact) mass is 257 g/mol. The second kappa shape index (κ2) is 5.99. The quantitative estimate of drug-likeness (QED) is 0.864. The zero-order chi connectivity index (χ0) is 12.9. The number of nitrogens with one attached hydrogen (secondary N) is 2. The van der Waals surface area contributed by atoms with Crippen molar-refractivity contribution in [1.82, 2.24) is 15.5 Å². The number of rotatable bonds is 5. The molecule has 0 saturated carbocycles. The molecule has 100 valence electrons. The number of H-pyrrole nitrogens is 1. The number of nitrogens with zero attached hydrogens (tertiary/aromatic N) is 1. The van der Waals surface area contributed by atoms with Gasteiger partial charge in [0.05, 0.1) is 6.10 Å². The highest BCUT2D eigenvalue weighted by Gasteiger charge is 2.28. The van der Waals surface area contributed by atoms with Gasteiger partial charge in [-0.15, -0.1) is 0 Å². The molecule has 1 saturated heterocycles. The molecule has 1 aromatic heterocycles. The molecular formula is C15H19N3O. The van der Waals surface area contributed by atoms with E-state index in [4.69, 9.17) is 4.74 Å². The molecule has 0 radical (unpaired) electrons. The van der Waals surface area contributed by atoms with Gasteiger partial charge >= 0.3 is 0 Å². The first-order chi connectivity index (χ1) is 9.43. The van der Waals surface area contributed by atoms with Gasteiger partial charge in [-0.05, 0) is 18.1 Å². The second-order valence-electron chi connectivity index (χ2n) is 4.96. The highest BCUT2D eigenvalue weighted by Crippen LogP contribution is 2.33. The summed E-state index contributed by atoms with van der Waals surface area (Å²) in [4.78, 5) is 0. The fraction of sp³-hybridized carbons (Fsp3) is 0.400. The van der Waals surface area contributed by atoms with Crippen molar-refractivity contribution < 1.29 is 4.74 Å². The first kappa shape index (κ1) is 12.4. The Labute approximate surface area is 113 Å². The van der Waals surface area contributed by atoms with Crippen LogP contribution in [0.5, 0.6) is 0 Å². The first-order valence-corrected chi connectivity index (χ1v) is 6.79. The highest BCUT2D eigenvalue weighted by molar-refractivity contribution is 5.19. The van der Waals surface area contributed by atoms with Gasteiger partial charge in [-0.25, -0.2) is 0 Å². The summed E-state index contributed by atoms with van der Waals surface area (Å²) < 4.78 is 5.88. The molecule has 2 N–H and O–H groups in total. The summed E-state index contributed by atoms with van der Waals surface area (Å²) in [6.07, 6.45) is 3.13. The van der Waals surface area contributed by atoms with Crippen molar-refractivity contribution in [3.05, 3.63) is 53.9 Å². The molecule has 0 spiro atoms. The molecule has 2 heterocycles. The normalized spacial score (nSPS) is 22.7. The lowest BCUT2D eigenvalue weighted by Gasteiger charge is -2.19. The Kier molecular flexibility index (Phi) is 3.91. The summed E-state index contributed by atoms with van der Waals surface area (Å²) in [6.45, 7) is 2.66. The van der Waals surface area contributed by atoms with Crippen LogP contribution >= 0.6 is 0 Å². The van der Waals surface area contributed by atoms with Crippen LogP contribution in [0.3, 0.4) is 0 Å². The maximum absolute atomic E-state index is 5.88. The number of aromatic nitrogens is 2. The van der Waals surface area contributed by atoms with E-state index in [1.807, 2.05) is 12.1 Å². The van der Waals surface area contributed by atoms with Crippen molar-refractivity contribution in [1.29, 1.82) is 0 Å². The van der Waals surface area contributed by atoms with E-state index in [0.29, 0.717) is 5.92 Å². The topological polar surface area (TPSA) is 49.9 Å². The lowest BCUT2D eigenvalue weighted by atomic mass is 9.95. The van der Waals surface area contributed by atoms with Gasteiger partial charge in [-0.2, -0.15) is 5.10 Å². The summed E-state index contributed by atoms with van der Waals surface area (Å²) in [5.74, 6) is 0.547. The molecule has 19 heavy (non-hydrogen) atoms. The predicted octanol–water partition coefficient (Wildman–Crippen LogP) is 2.28. The predicted molar refractivity (Wildman–Crippen MR) is 73.5 cm³/mol. The third-order valence-electron chi connectivity index (χ3n) is 3.62. The van der Waals surface area contributed by atoms with E-state index < -0.39 is 0 Å². The fourth-order valence-corrected chi connectivity index (χ4v) is 2.63. The third kappa shape index (κ3) is 3.03. The van der Waals surface area contributed by atoms with Crippen molar-refractivity contribution in [2.45, 2.75) is 19.1 Å². The largest absolute Gasteiger partial charge is 0.373 e. The smallest absolute Gasteiger partial charge is 0.0866 e. The molecule has 1 aromatic carbocycles. The minimum absolute atomic E-state index is 0.232. The average Bonchev–Trinajstić information content (AvgIpc) is 3.11. The van der Waals surface area contributed by atoms with E-state index in [9.17, 15) is 0 Å². The van der Waals surface area contributed by atoms with Crippen LogP contribution in [-0.2, 0) is 11.3 Å². The summed E-state index contributed by atoms with van der Waals surface area (Å²) in [5.41, 5.74) is 2.41. The van der Waals surface area contributed by atoms with E-state index in [1.165, 1.54) is 5.56 Å². The lowest BCUT2D eigenvalue weighted by Crippen LogP contribution is -2.24. The number of aromatic amines is 1. The second-order valence-corrected chi connectivity index (χ2v) is 4.96. The van der Waals surface area contributed by atoms with Crippen LogP contribution in [0.15, 0.2) is 42.6 Å². The summed E-state index contributed by atoms with van der Waals surface area (Å²) in [5, 5.41) is 10.4. The lowest BCUT2D eigenvalue weighted by molar-refractivity contribution is 0.0904. The standard InChI is InChI=1S/C15H19N3O/c1-2-4-12(5-3-1)15-13(7-9-19-15)10-16-11-14-6-8-17-18-14/h1-6,8,13,15-16H,7,9-11H2,(H,17,18)/t13-,15-/m1/s1. The van der Waals surface area contributed by atoms with Gasteiger partial charge in [0.2, 0.25) is 0 Å². The van der Waals surface area contributed by atoms with Crippen LogP contribution in [-0.4, -0.2) is 23.3 Å². The molecule has 1 aliphatic rings. The average molecular weight is 257 g/mol. The first-order valence-electron chi connectivity index (χ1n) is 6.79. The summed E-state index contributed by atoms with van der Waals surface area (Å²) in [7, 11) is 0. The minimum Gasteiger partial charge on any atom is -0.373 e. The van der Waals surface area contributed by atoms with Crippen molar-refractivity contribution in [2.75, 3.05) is 13.2 Å². The van der Waals surface area contributed by atoms with E-state index in [2.05, 4.69) is 39.8 Å². The zero-order valence-electron chi connectivity index (χ0n) is 10.9. The molecule has 2 atom stereocenters. The molecule has 0 aliphatic carbocycles. The van der Waals surface area contributed by atoms with Crippen LogP contribution in [0, 0.1) is 5.92 Å². The van der Waals surface area contributed by atoms with Gasteiger partial charge in [-0.1, -0.05) is 30.3 Å². The van der Waals surface area contributed by atoms with Gasteiger partial charge in [-0.3, -0.25) is 5.10 Å². The van der Waals surface area contributed by atoms with Crippen LogP contribution in [0.25, 0.3) is 0 Å². The van der Waals surface area contributed by atoms with Crippen molar-refractivity contribution in [2.24, 2.45) is 5.92 Å². The van der Waals surface area contributed by atoms with Crippen molar-refractivity contribution in [3.63, 3.8) is 0 Å². The van der Waals surface area contributed by atoms with Crippen LogP contribution < -0.4 is 5.32 Å². The molecule has 0 bridgehead atoms. The Morgan fingerprint density at radius 3 is 2.95 bits per heavy atom.